The third-order valence-electron chi connectivity index (χ3n) is 1.45. The number of carboxylic acid groups (broad SMARTS) is 1. The van der Waals surface area contributed by atoms with Gasteiger partial charge in [0.25, 0.3) is 0 Å². The molecule has 0 aliphatic carbocycles. The summed E-state index contributed by atoms with van der Waals surface area (Å²) in [4.78, 5) is 19.7. The summed E-state index contributed by atoms with van der Waals surface area (Å²) in [6.07, 6.45) is 0.688. The first-order valence-corrected chi connectivity index (χ1v) is 4.21. The molecule has 0 unspecified atom stereocenters. The number of hydrogen-bond donors (Lipinski definition) is 3. The molecule has 1 atom stereocenters. The normalized spacial score (nSPS) is 11.1. The second-order valence-electron chi connectivity index (χ2n) is 2.75. The van der Waals surface area contributed by atoms with Crippen LogP contribution in [0.25, 0.3) is 0 Å². The number of rotatable bonds is 3. The second-order valence-corrected chi connectivity index (χ2v) is 2.75. The van der Waals surface area contributed by atoms with E-state index < -0.39 is 12.0 Å². The fourth-order valence-electron chi connectivity index (χ4n) is 0.618. The van der Waals surface area contributed by atoms with Gasteiger partial charge >= 0.3 is 5.97 Å². The van der Waals surface area contributed by atoms with Crippen LogP contribution in [0.1, 0.15) is 16.3 Å². The highest BCUT2D eigenvalue weighted by molar-refractivity contribution is 5.73. The number of carbonyl (C=O) groups excluding carboxylic acids is 1. The summed E-state index contributed by atoms with van der Waals surface area (Å²) in [7, 11) is 0. The molecule has 1 aromatic rings. The first kappa shape index (κ1) is 13.3. The van der Waals surface area contributed by atoms with Gasteiger partial charge in [-0.2, -0.15) is 0 Å². The largest absolute Gasteiger partial charge is 0.480 e. The first-order valence-electron chi connectivity index (χ1n) is 4.21. The topological polar surface area (TPSA) is 120 Å². The van der Waals surface area contributed by atoms with E-state index in [2.05, 4.69) is 0 Å². The third-order valence-corrected chi connectivity index (χ3v) is 1.45. The van der Waals surface area contributed by atoms with E-state index in [0.717, 1.165) is 5.76 Å². The number of aliphatic carboxylic acids is 1. The minimum atomic E-state index is -1.05. The van der Waals surface area contributed by atoms with E-state index in [9.17, 15) is 9.59 Å². The highest BCUT2D eigenvalue weighted by Crippen LogP contribution is 2.01. The molecule has 0 spiro atoms. The molecule has 84 valence electrons. The molecule has 6 heteroatoms. The van der Waals surface area contributed by atoms with Crippen molar-refractivity contribution in [3.05, 3.63) is 23.7 Å². The van der Waals surface area contributed by atoms with E-state index in [1.54, 1.807) is 19.1 Å². The minimum absolute atomic E-state index is 0.00463. The summed E-state index contributed by atoms with van der Waals surface area (Å²) in [5.74, 6) is 0.108. The molecule has 1 aromatic heterocycles. The number of aldehydes is 1. The Hall–Kier alpha value is -1.66. The molecule has 1 heterocycles. The van der Waals surface area contributed by atoms with Crippen molar-refractivity contribution < 1.29 is 19.1 Å². The van der Waals surface area contributed by atoms with Crippen LogP contribution in [0.5, 0.6) is 0 Å². The third kappa shape index (κ3) is 5.61. The van der Waals surface area contributed by atoms with E-state index in [4.69, 9.17) is 21.0 Å². The number of carbonyl (C=O) groups is 2. The molecule has 0 radical (unpaired) electrons. The Kier molecular flexibility index (Phi) is 6.00. The van der Waals surface area contributed by atoms with Crippen molar-refractivity contribution in [3.63, 3.8) is 0 Å². The predicted molar refractivity (Wildman–Crippen MR) is 53.5 cm³/mol. The quantitative estimate of drug-likeness (QED) is 0.597. The monoisotopic (exact) mass is 214 g/mol. The van der Waals surface area contributed by atoms with Crippen LogP contribution in [-0.4, -0.2) is 29.9 Å². The number of carboxylic acids is 1. The average molecular weight is 214 g/mol. The number of nitrogens with two attached hydrogens (primary N) is 2. The summed E-state index contributed by atoms with van der Waals surface area (Å²) in [5.41, 5.74) is 9.76. The molecule has 0 fully saturated rings. The van der Waals surface area contributed by atoms with Crippen LogP contribution < -0.4 is 11.5 Å². The number of furan rings is 1. The second kappa shape index (κ2) is 6.74. The Balaban J connectivity index is 0.000000265. The lowest BCUT2D eigenvalue weighted by atomic mass is 10.3. The lowest BCUT2D eigenvalue weighted by Gasteiger charge is -1.97. The first-order chi connectivity index (χ1) is 7.01. The Labute approximate surface area is 86.9 Å². The van der Waals surface area contributed by atoms with E-state index in [0.29, 0.717) is 12.0 Å². The van der Waals surface area contributed by atoms with Crippen LogP contribution in [-0.2, 0) is 4.79 Å². The molecule has 0 bridgehead atoms. The fourth-order valence-corrected chi connectivity index (χ4v) is 0.618. The zero-order valence-electron chi connectivity index (χ0n) is 8.34. The molecule has 0 amide bonds. The van der Waals surface area contributed by atoms with Crippen LogP contribution in [0, 0.1) is 6.92 Å². The van der Waals surface area contributed by atoms with Gasteiger partial charge in [0.2, 0.25) is 0 Å². The molecule has 0 aliphatic rings. The highest BCUT2D eigenvalue weighted by Gasteiger charge is 2.05. The van der Waals surface area contributed by atoms with E-state index in [1.165, 1.54) is 0 Å². The molecular weight excluding hydrogens is 200 g/mol. The van der Waals surface area contributed by atoms with Gasteiger partial charge in [-0.15, -0.1) is 0 Å². The summed E-state index contributed by atoms with van der Waals surface area (Å²) >= 11 is 0. The minimum Gasteiger partial charge on any atom is -0.480 e. The van der Waals surface area contributed by atoms with Crippen molar-refractivity contribution in [1.82, 2.24) is 0 Å². The number of hydrogen-bond acceptors (Lipinski definition) is 5. The van der Waals surface area contributed by atoms with Crippen LogP contribution in [0.15, 0.2) is 16.5 Å². The van der Waals surface area contributed by atoms with Crippen LogP contribution >= 0.6 is 0 Å². The van der Waals surface area contributed by atoms with Crippen LogP contribution in [0.3, 0.4) is 0 Å². The Morgan fingerprint density at radius 1 is 1.67 bits per heavy atom. The van der Waals surface area contributed by atoms with Crippen LogP contribution in [0.2, 0.25) is 0 Å². The highest BCUT2D eigenvalue weighted by atomic mass is 16.4. The smallest absolute Gasteiger partial charge is 0.321 e. The van der Waals surface area contributed by atoms with Gasteiger partial charge < -0.3 is 21.0 Å². The Morgan fingerprint density at radius 3 is 2.40 bits per heavy atom. The van der Waals surface area contributed by atoms with Gasteiger partial charge in [0.15, 0.2) is 12.0 Å². The standard InChI is InChI=1S/C6H6O2.C3H8N2O2/c1-5-2-3-6(4-7)8-5;4-1-2(5)3(6)7/h2-4H,1H3;2H,1,4-5H2,(H,6,7)/t;2-/m.0/s1. The number of aryl methyl sites for hydroxylation is 1. The van der Waals surface area contributed by atoms with Gasteiger partial charge in [0.05, 0.1) is 0 Å². The predicted octanol–water partition coefficient (Wildman–Crippen LogP) is -0.242. The molecule has 1 rings (SSSR count). The summed E-state index contributed by atoms with van der Waals surface area (Å²) in [5, 5.41) is 7.98. The van der Waals surface area contributed by atoms with Gasteiger partial charge in [0, 0.05) is 6.54 Å². The fraction of sp³-hybridized carbons (Fsp3) is 0.333. The zero-order chi connectivity index (χ0) is 11.8. The van der Waals surface area contributed by atoms with Gasteiger partial charge in [-0.3, -0.25) is 9.59 Å². The molecule has 6 nitrogen and oxygen atoms in total. The van der Waals surface area contributed by atoms with Gasteiger partial charge in [-0.05, 0) is 19.1 Å². The zero-order valence-corrected chi connectivity index (χ0v) is 8.34. The van der Waals surface area contributed by atoms with Crippen molar-refractivity contribution >= 4 is 12.3 Å². The lowest BCUT2D eigenvalue weighted by Crippen LogP contribution is -2.37. The molecule has 0 saturated carbocycles. The Morgan fingerprint density at radius 2 is 2.27 bits per heavy atom. The van der Waals surface area contributed by atoms with E-state index in [1.807, 2.05) is 0 Å². The molecule has 5 N–H and O–H groups in total. The SMILES string of the molecule is Cc1ccc(C=O)o1.NC[C@H](N)C(=O)O. The van der Waals surface area contributed by atoms with Crippen molar-refractivity contribution in [2.45, 2.75) is 13.0 Å². The summed E-state index contributed by atoms with van der Waals surface area (Å²) < 4.78 is 4.86. The van der Waals surface area contributed by atoms with Gasteiger partial charge in [-0.1, -0.05) is 0 Å². The van der Waals surface area contributed by atoms with Crippen molar-refractivity contribution in [2.75, 3.05) is 6.54 Å². The summed E-state index contributed by atoms with van der Waals surface area (Å²) in [6.45, 7) is 1.79. The van der Waals surface area contributed by atoms with Gasteiger partial charge in [0.1, 0.15) is 11.8 Å². The van der Waals surface area contributed by atoms with E-state index in [-0.39, 0.29) is 6.54 Å². The van der Waals surface area contributed by atoms with Crippen LogP contribution in [0.4, 0.5) is 0 Å². The maximum atomic E-state index is 9.93. The van der Waals surface area contributed by atoms with Crippen molar-refractivity contribution in [3.8, 4) is 0 Å². The van der Waals surface area contributed by atoms with Crippen molar-refractivity contribution in [1.29, 1.82) is 0 Å². The van der Waals surface area contributed by atoms with Crippen molar-refractivity contribution in [2.24, 2.45) is 11.5 Å². The summed E-state index contributed by atoms with van der Waals surface area (Å²) in [6, 6.07) is 2.49. The maximum Gasteiger partial charge on any atom is 0.321 e. The molecule has 15 heavy (non-hydrogen) atoms. The molecule has 0 saturated heterocycles. The molecule has 0 aliphatic heterocycles. The lowest BCUT2D eigenvalue weighted by molar-refractivity contribution is -0.138. The molecule has 0 aromatic carbocycles. The van der Waals surface area contributed by atoms with E-state index >= 15 is 0 Å². The maximum absolute atomic E-state index is 9.93. The Bertz CT molecular complexity index is 322. The van der Waals surface area contributed by atoms with Gasteiger partial charge in [-0.25, -0.2) is 0 Å². The average Bonchev–Trinajstić information content (AvgIpc) is 2.63. The molecular formula is C9H14N2O4.